The van der Waals surface area contributed by atoms with Crippen LogP contribution in [0.3, 0.4) is 0 Å². The van der Waals surface area contributed by atoms with Gasteiger partial charge in [-0.2, -0.15) is 0 Å². The van der Waals surface area contributed by atoms with E-state index in [9.17, 15) is 0 Å². The molecule has 0 aliphatic carbocycles. The second kappa shape index (κ2) is 11.5. The predicted molar refractivity (Wildman–Crippen MR) is 82.0 cm³/mol. The number of aliphatic hydroxyl groups is 6. The van der Waals surface area contributed by atoms with E-state index in [2.05, 4.69) is 12.1 Å². The molecule has 22 heavy (non-hydrogen) atoms. The van der Waals surface area contributed by atoms with E-state index < -0.39 is 37.6 Å². The molecule has 0 aliphatic rings. The van der Waals surface area contributed by atoms with Crippen molar-refractivity contribution in [3.63, 3.8) is 0 Å². The Hall–Kier alpha value is -1.06. The number of hydrogen-bond acceptors (Lipinski definition) is 7. The van der Waals surface area contributed by atoms with Gasteiger partial charge in [-0.15, -0.1) is 0 Å². The fourth-order valence-corrected chi connectivity index (χ4v) is 1.66. The molecule has 1 aromatic carbocycles. The minimum Gasteiger partial charge on any atom is -0.394 e. The average molecular weight is 317 g/mol. The van der Waals surface area contributed by atoms with Crippen LogP contribution in [0.4, 0.5) is 0 Å². The van der Waals surface area contributed by atoms with E-state index in [1.807, 2.05) is 25.1 Å². The molecule has 0 spiro atoms. The van der Waals surface area contributed by atoms with Crippen LogP contribution >= 0.6 is 0 Å². The van der Waals surface area contributed by atoms with Gasteiger partial charge in [0.2, 0.25) is 0 Å². The molecule has 8 N–H and O–H groups in total. The van der Waals surface area contributed by atoms with Gasteiger partial charge in [0.05, 0.1) is 13.2 Å². The first-order valence-corrected chi connectivity index (χ1v) is 7.06. The van der Waals surface area contributed by atoms with E-state index in [1.54, 1.807) is 0 Å². The van der Waals surface area contributed by atoms with Gasteiger partial charge in [0.15, 0.2) is 0 Å². The maximum Gasteiger partial charge on any atom is 0.111 e. The molecule has 0 fully saturated rings. The molecular weight excluding hydrogens is 290 g/mol. The van der Waals surface area contributed by atoms with E-state index in [0.29, 0.717) is 0 Å². The Morgan fingerprint density at radius 2 is 1.27 bits per heavy atom. The SMILES string of the molecule is CC(N)Cc1ccccc1.OC[C@@H](O)[C@@H](O)[C@H](O)[C@H](O)CO. The first kappa shape index (κ1) is 20.9. The number of benzene rings is 1. The molecule has 0 aliphatic heterocycles. The lowest BCUT2D eigenvalue weighted by molar-refractivity contribution is -0.123. The summed E-state index contributed by atoms with van der Waals surface area (Å²) >= 11 is 0. The van der Waals surface area contributed by atoms with Crippen molar-refractivity contribution in [2.24, 2.45) is 5.73 Å². The van der Waals surface area contributed by atoms with Crippen LogP contribution in [0.5, 0.6) is 0 Å². The standard InChI is InChI=1S/C9H13N.C6H14O6/c1-8(10)7-9-5-3-2-4-6-9;7-1-3(9)5(11)6(12)4(10)2-8/h2-6,8H,7,10H2,1H3;3-12H,1-2H2/t;3-,4-,5-,6-/m.1/s1. The lowest BCUT2D eigenvalue weighted by Gasteiger charge is -2.24. The zero-order valence-corrected chi connectivity index (χ0v) is 12.7. The van der Waals surface area contributed by atoms with Crippen LogP contribution in [0.15, 0.2) is 30.3 Å². The van der Waals surface area contributed by atoms with Crippen LogP contribution in [0, 0.1) is 0 Å². The molecule has 7 heteroatoms. The number of nitrogens with two attached hydrogens (primary N) is 1. The molecule has 7 nitrogen and oxygen atoms in total. The van der Waals surface area contributed by atoms with Gasteiger partial charge < -0.3 is 36.4 Å². The Morgan fingerprint density at radius 3 is 1.59 bits per heavy atom. The first-order chi connectivity index (χ1) is 10.3. The van der Waals surface area contributed by atoms with E-state index in [4.69, 9.17) is 36.4 Å². The zero-order valence-electron chi connectivity index (χ0n) is 12.7. The van der Waals surface area contributed by atoms with Gasteiger partial charge in [-0.1, -0.05) is 30.3 Å². The number of rotatable bonds is 7. The summed E-state index contributed by atoms with van der Waals surface area (Å²) in [5.74, 6) is 0. The van der Waals surface area contributed by atoms with Crippen LogP contribution < -0.4 is 5.73 Å². The normalized spacial score (nSPS) is 17.6. The summed E-state index contributed by atoms with van der Waals surface area (Å²) in [5.41, 5.74) is 6.94. The Kier molecular flexibility index (Phi) is 10.9. The Morgan fingerprint density at radius 1 is 0.864 bits per heavy atom. The summed E-state index contributed by atoms with van der Waals surface area (Å²) in [6, 6.07) is 10.6. The fourth-order valence-electron chi connectivity index (χ4n) is 1.66. The highest BCUT2D eigenvalue weighted by atomic mass is 16.4. The van der Waals surface area contributed by atoms with Gasteiger partial charge in [0, 0.05) is 6.04 Å². The molecule has 0 saturated carbocycles. The quantitative estimate of drug-likeness (QED) is 0.307. The van der Waals surface area contributed by atoms with Gasteiger partial charge in [0.1, 0.15) is 24.4 Å². The summed E-state index contributed by atoms with van der Waals surface area (Å²) < 4.78 is 0. The van der Waals surface area contributed by atoms with Gasteiger partial charge in [-0.25, -0.2) is 0 Å². The molecule has 1 rings (SSSR count). The van der Waals surface area contributed by atoms with Crippen LogP contribution in [-0.4, -0.2) is 74.3 Å². The summed E-state index contributed by atoms with van der Waals surface area (Å²) in [7, 11) is 0. The van der Waals surface area contributed by atoms with Crippen molar-refractivity contribution < 1.29 is 30.6 Å². The van der Waals surface area contributed by atoms with Crippen molar-refractivity contribution in [3.8, 4) is 0 Å². The summed E-state index contributed by atoms with van der Waals surface area (Å²) in [6.07, 6.45) is -5.42. The topological polar surface area (TPSA) is 147 Å². The zero-order chi connectivity index (χ0) is 17.1. The summed E-state index contributed by atoms with van der Waals surface area (Å²) in [6.45, 7) is 0.569. The van der Waals surface area contributed by atoms with Crippen LogP contribution in [0.1, 0.15) is 12.5 Å². The molecule has 0 bridgehead atoms. The van der Waals surface area contributed by atoms with E-state index in [0.717, 1.165) is 6.42 Å². The smallest absolute Gasteiger partial charge is 0.111 e. The Labute approximate surface area is 130 Å². The fraction of sp³-hybridized carbons (Fsp3) is 0.600. The highest BCUT2D eigenvalue weighted by Gasteiger charge is 2.29. The lowest BCUT2D eigenvalue weighted by Crippen LogP contribution is -2.46. The number of aliphatic hydroxyl groups excluding tert-OH is 6. The summed E-state index contributed by atoms with van der Waals surface area (Å²) in [4.78, 5) is 0. The minimum absolute atomic E-state index is 0.266. The van der Waals surface area contributed by atoms with Crippen molar-refractivity contribution in [2.75, 3.05) is 13.2 Å². The molecule has 5 atom stereocenters. The molecule has 0 amide bonds. The highest BCUT2D eigenvalue weighted by Crippen LogP contribution is 2.04. The molecular formula is C15H27NO6. The van der Waals surface area contributed by atoms with E-state index >= 15 is 0 Å². The Balaban J connectivity index is 0.000000406. The van der Waals surface area contributed by atoms with Gasteiger partial charge >= 0.3 is 0 Å². The van der Waals surface area contributed by atoms with E-state index in [-0.39, 0.29) is 6.04 Å². The third-order valence-electron chi connectivity index (χ3n) is 2.91. The molecule has 1 aromatic rings. The molecule has 0 radical (unpaired) electrons. The monoisotopic (exact) mass is 317 g/mol. The lowest BCUT2D eigenvalue weighted by atomic mass is 10.0. The highest BCUT2D eigenvalue weighted by molar-refractivity contribution is 5.15. The largest absolute Gasteiger partial charge is 0.394 e. The second-order valence-electron chi connectivity index (χ2n) is 5.15. The molecule has 1 unspecified atom stereocenters. The van der Waals surface area contributed by atoms with E-state index in [1.165, 1.54) is 5.56 Å². The van der Waals surface area contributed by atoms with Crippen LogP contribution in [0.25, 0.3) is 0 Å². The average Bonchev–Trinajstić information content (AvgIpc) is 2.52. The molecule has 0 aromatic heterocycles. The van der Waals surface area contributed by atoms with Gasteiger partial charge in [-0.3, -0.25) is 0 Å². The van der Waals surface area contributed by atoms with Gasteiger partial charge in [-0.05, 0) is 18.9 Å². The maximum atomic E-state index is 8.96. The van der Waals surface area contributed by atoms with Gasteiger partial charge in [0.25, 0.3) is 0 Å². The molecule has 0 saturated heterocycles. The van der Waals surface area contributed by atoms with Crippen molar-refractivity contribution in [2.45, 2.75) is 43.8 Å². The summed E-state index contributed by atoms with van der Waals surface area (Å²) in [5, 5.41) is 52.2. The van der Waals surface area contributed by atoms with Crippen molar-refractivity contribution >= 4 is 0 Å². The third kappa shape index (κ3) is 8.40. The Bertz CT molecular complexity index is 362. The van der Waals surface area contributed by atoms with Crippen molar-refractivity contribution in [1.82, 2.24) is 0 Å². The molecule has 0 heterocycles. The number of hydrogen-bond donors (Lipinski definition) is 7. The maximum absolute atomic E-state index is 8.96. The predicted octanol–water partition coefficient (Wildman–Crippen LogP) is -2.01. The minimum atomic E-state index is -1.67. The first-order valence-electron chi connectivity index (χ1n) is 7.06. The third-order valence-corrected chi connectivity index (χ3v) is 2.91. The van der Waals surface area contributed by atoms with Crippen molar-refractivity contribution in [1.29, 1.82) is 0 Å². The van der Waals surface area contributed by atoms with Crippen LogP contribution in [-0.2, 0) is 6.42 Å². The van der Waals surface area contributed by atoms with Crippen molar-refractivity contribution in [3.05, 3.63) is 35.9 Å². The molecule has 128 valence electrons. The second-order valence-corrected chi connectivity index (χ2v) is 5.15. The van der Waals surface area contributed by atoms with Crippen LogP contribution in [0.2, 0.25) is 0 Å².